The van der Waals surface area contributed by atoms with Crippen LogP contribution in [-0.2, 0) is 34.2 Å². The van der Waals surface area contributed by atoms with Crippen LogP contribution in [0.15, 0.2) is 47.5 Å². The topological polar surface area (TPSA) is 101 Å². The monoisotopic (exact) mass is 457 g/mol. The van der Waals surface area contributed by atoms with Crippen LogP contribution in [0.2, 0.25) is 0 Å². The number of rotatable bonds is 7. The number of nitrogens with one attached hydrogen (secondary N) is 1. The number of benzene rings is 1. The highest BCUT2D eigenvalue weighted by Crippen LogP contribution is 2.32. The molecule has 0 saturated heterocycles. The predicted octanol–water partition coefficient (Wildman–Crippen LogP) is 2.54. The van der Waals surface area contributed by atoms with Crippen molar-refractivity contribution in [1.82, 2.24) is 18.8 Å². The van der Waals surface area contributed by atoms with E-state index in [2.05, 4.69) is 9.71 Å². The summed E-state index contributed by atoms with van der Waals surface area (Å²) in [5.41, 5.74) is 3.89. The Balaban J connectivity index is 1.58. The molecule has 3 aromatic rings. The third-order valence-electron chi connectivity index (χ3n) is 6.01. The summed E-state index contributed by atoms with van der Waals surface area (Å²) >= 11 is 0. The number of hydrogen-bond acceptors (Lipinski definition) is 4. The molecule has 0 fully saturated rings. The summed E-state index contributed by atoms with van der Waals surface area (Å²) in [5, 5.41) is 10.1. The number of hydrogen-bond donors (Lipinski definition) is 2. The smallest absolute Gasteiger partial charge is 0.305 e. The zero-order chi connectivity index (χ0) is 23.1. The fourth-order valence-corrected chi connectivity index (χ4v) is 5.65. The summed E-state index contributed by atoms with van der Waals surface area (Å²) in [7, 11) is 2.44. The molecular formula is C23H29N4O4S+. The van der Waals surface area contributed by atoms with Gasteiger partial charge in [-0.25, -0.2) is 18.1 Å². The number of aliphatic carboxylic acids is 1. The second kappa shape index (κ2) is 8.31. The van der Waals surface area contributed by atoms with Crippen molar-refractivity contribution in [2.45, 2.75) is 43.2 Å². The maximum absolute atomic E-state index is 13.0. The molecule has 0 radical (unpaired) electrons. The SMILES string of the molecule is C[N+](C)(C)c1ccc(S(=O)(=O)NC2CCc3c(c4cccnc4n3CCC(=O)O)C2)cc1. The van der Waals surface area contributed by atoms with Gasteiger partial charge >= 0.3 is 5.97 Å². The number of aromatic nitrogens is 2. The molecule has 0 amide bonds. The Bertz CT molecular complexity index is 1260. The van der Waals surface area contributed by atoms with E-state index in [9.17, 15) is 13.2 Å². The van der Waals surface area contributed by atoms with E-state index < -0.39 is 16.0 Å². The van der Waals surface area contributed by atoms with Gasteiger partial charge in [-0.2, -0.15) is 0 Å². The lowest BCUT2D eigenvalue weighted by Gasteiger charge is -2.25. The van der Waals surface area contributed by atoms with Crippen molar-refractivity contribution in [3.63, 3.8) is 0 Å². The van der Waals surface area contributed by atoms with Gasteiger partial charge in [0.1, 0.15) is 11.3 Å². The fraction of sp³-hybridized carbons (Fsp3) is 0.391. The maximum Gasteiger partial charge on any atom is 0.305 e. The second-order valence-corrected chi connectivity index (χ2v) is 10.9. The lowest BCUT2D eigenvalue weighted by molar-refractivity contribution is -0.137. The molecule has 1 unspecified atom stereocenters. The van der Waals surface area contributed by atoms with Gasteiger partial charge in [-0.05, 0) is 49.1 Å². The van der Waals surface area contributed by atoms with Gasteiger partial charge in [0.15, 0.2) is 0 Å². The first-order chi connectivity index (χ1) is 15.1. The van der Waals surface area contributed by atoms with Crippen LogP contribution < -0.4 is 9.21 Å². The molecule has 170 valence electrons. The van der Waals surface area contributed by atoms with Crippen LogP contribution >= 0.6 is 0 Å². The Morgan fingerprint density at radius 3 is 2.59 bits per heavy atom. The van der Waals surface area contributed by atoms with E-state index in [1.54, 1.807) is 18.3 Å². The van der Waals surface area contributed by atoms with Gasteiger partial charge in [-0.3, -0.25) is 9.28 Å². The molecule has 2 heterocycles. The van der Waals surface area contributed by atoms with Gasteiger partial charge in [0.05, 0.1) is 32.5 Å². The highest BCUT2D eigenvalue weighted by molar-refractivity contribution is 7.89. The summed E-state index contributed by atoms with van der Waals surface area (Å²) in [5.74, 6) is -0.853. The van der Waals surface area contributed by atoms with E-state index in [-0.39, 0.29) is 17.4 Å². The van der Waals surface area contributed by atoms with Crippen LogP contribution in [0, 0.1) is 0 Å². The van der Waals surface area contributed by atoms with Crippen LogP contribution in [0.3, 0.4) is 0 Å². The van der Waals surface area contributed by atoms with E-state index in [0.29, 0.717) is 30.3 Å². The van der Waals surface area contributed by atoms with Gasteiger partial charge < -0.3 is 9.67 Å². The lowest BCUT2D eigenvalue weighted by Crippen LogP contribution is -2.39. The number of quaternary nitrogens is 1. The average Bonchev–Trinajstić information content (AvgIpc) is 3.04. The standard InChI is InChI=1S/C23H28N4O4S/c1-27(2,3)17-7-9-18(10-8-17)32(30,31)25-16-6-11-21-20(15-16)19-5-4-13-24-23(19)26(21)14-12-22(28)29/h4-5,7-10,13,16,25H,6,11-12,14-15H2,1-3H3/p+1. The molecule has 0 aliphatic heterocycles. The van der Waals surface area contributed by atoms with Gasteiger partial charge in [0, 0.05) is 42.0 Å². The quantitative estimate of drug-likeness (QED) is 0.531. The highest BCUT2D eigenvalue weighted by Gasteiger charge is 2.29. The van der Waals surface area contributed by atoms with Crippen molar-refractivity contribution in [2.24, 2.45) is 0 Å². The average molecular weight is 458 g/mol. The van der Waals surface area contributed by atoms with E-state index in [0.717, 1.165) is 28.0 Å². The molecule has 1 aromatic carbocycles. The molecule has 0 spiro atoms. The first-order valence-corrected chi connectivity index (χ1v) is 12.2. The third-order valence-corrected chi connectivity index (χ3v) is 7.55. The molecular weight excluding hydrogens is 428 g/mol. The Morgan fingerprint density at radius 2 is 1.94 bits per heavy atom. The van der Waals surface area contributed by atoms with Gasteiger partial charge in [-0.15, -0.1) is 0 Å². The van der Waals surface area contributed by atoms with Crippen molar-refractivity contribution in [1.29, 1.82) is 0 Å². The van der Waals surface area contributed by atoms with Crippen LogP contribution in [0.4, 0.5) is 5.69 Å². The van der Waals surface area contributed by atoms with Crippen LogP contribution in [0.1, 0.15) is 24.1 Å². The van der Waals surface area contributed by atoms with E-state index in [4.69, 9.17) is 5.11 Å². The number of aryl methyl sites for hydroxylation is 1. The van der Waals surface area contributed by atoms with E-state index in [1.807, 2.05) is 50.0 Å². The number of carbonyl (C=O) groups is 1. The van der Waals surface area contributed by atoms with Crippen molar-refractivity contribution in [3.8, 4) is 0 Å². The number of pyridine rings is 1. The first-order valence-electron chi connectivity index (χ1n) is 10.7. The molecule has 8 nitrogen and oxygen atoms in total. The van der Waals surface area contributed by atoms with Crippen LogP contribution in [-0.4, -0.2) is 56.2 Å². The minimum atomic E-state index is -3.65. The Kier molecular flexibility index (Phi) is 5.83. The van der Waals surface area contributed by atoms with Crippen molar-refractivity contribution >= 4 is 32.7 Å². The number of carboxylic acids is 1. The maximum atomic E-state index is 13.0. The van der Waals surface area contributed by atoms with Gasteiger partial charge in [0.25, 0.3) is 0 Å². The zero-order valence-corrected chi connectivity index (χ0v) is 19.4. The Morgan fingerprint density at radius 1 is 1.22 bits per heavy atom. The molecule has 4 rings (SSSR count). The van der Waals surface area contributed by atoms with Gasteiger partial charge in [0.2, 0.25) is 10.0 Å². The number of sulfonamides is 1. The minimum absolute atomic E-state index is 0.0200. The van der Waals surface area contributed by atoms with Crippen molar-refractivity contribution in [2.75, 3.05) is 21.1 Å². The molecule has 0 saturated carbocycles. The number of carboxylic acid groups (broad SMARTS) is 1. The Labute approximate surface area is 188 Å². The predicted molar refractivity (Wildman–Crippen MR) is 124 cm³/mol. The largest absolute Gasteiger partial charge is 0.481 e. The molecule has 32 heavy (non-hydrogen) atoms. The molecule has 2 aromatic heterocycles. The molecule has 2 N–H and O–H groups in total. The third kappa shape index (κ3) is 4.41. The second-order valence-electron chi connectivity index (χ2n) is 9.16. The molecule has 1 atom stereocenters. The summed E-state index contributed by atoms with van der Waals surface area (Å²) < 4.78 is 31.5. The summed E-state index contributed by atoms with van der Waals surface area (Å²) in [4.78, 5) is 15.8. The summed E-state index contributed by atoms with van der Waals surface area (Å²) in [6, 6.07) is 10.6. The van der Waals surface area contributed by atoms with Crippen LogP contribution in [0.25, 0.3) is 11.0 Å². The van der Waals surface area contributed by atoms with E-state index >= 15 is 0 Å². The number of fused-ring (bicyclic) bond motifs is 3. The minimum Gasteiger partial charge on any atom is -0.481 e. The number of nitrogens with zero attached hydrogens (tertiary/aromatic N) is 3. The highest BCUT2D eigenvalue weighted by atomic mass is 32.2. The van der Waals surface area contributed by atoms with Crippen LogP contribution in [0.5, 0.6) is 0 Å². The normalized spacial score (nSPS) is 16.8. The molecule has 0 bridgehead atoms. The molecule has 9 heteroatoms. The zero-order valence-electron chi connectivity index (χ0n) is 18.6. The molecule has 1 aliphatic rings. The van der Waals surface area contributed by atoms with Crippen molar-refractivity contribution in [3.05, 3.63) is 53.9 Å². The summed E-state index contributed by atoms with van der Waals surface area (Å²) in [6.07, 6.45) is 3.58. The lowest BCUT2D eigenvalue weighted by atomic mass is 9.92. The fourth-order valence-electron chi connectivity index (χ4n) is 4.38. The Hall–Kier alpha value is -2.75. The van der Waals surface area contributed by atoms with Gasteiger partial charge in [-0.1, -0.05) is 0 Å². The summed E-state index contributed by atoms with van der Waals surface area (Å²) in [6.45, 7) is 0.354. The van der Waals surface area contributed by atoms with E-state index in [1.165, 1.54) is 0 Å². The van der Waals surface area contributed by atoms with Crippen molar-refractivity contribution < 1.29 is 18.3 Å². The molecule has 1 aliphatic carbocycles. The first kappa shape index (κ1) is 22.4.